The molecule has 0 spiro atoms. The molecule has 4 heteroatoms. The molecule has 0 aromatic heterocycles. The molecule has 0 radical (unpaired) electrons. The van der Waals surface area contributed by atoms with Gasteiger partial charge in [-0.25, -0.2) is 0 Å². The topological polar surface area (TPSA) is 55.6 Å². The quantitative estimate of drug-likeness (QED) is 0.846. The van der Waals surface area contributed by atoms with Gasteiger partial charge in [0.05, 0.1) is 12.2 Å². The number of anilines is 1. The Morgan fingerprint density at radius 2 is 2.26 bits per heavy atom. The largest absolute Gasteiger partial charge is 0.399 e. The van der Waals surface area contributed by atoms with Crippen LogP contribution in [-0.4, -0.2) is 36.1 Å². The van der Waals surface area contributed by atoms with E-state index >= 15 is 0 Å². The summed E-state index contributed by atoms with van der Waals surface area (Å²) >= 11 is 0. The molecule has 1 amide bonds. The van der Waals surface area contributed by atoms with Crippen molar-refractivity contribution in [3.63, 3.8) is 0 Å². The maximum atomic E-state index is 12.2. The summed E-state index contributed by atoms with van der Waals surface area (Å²) in [7, 11) is 0. The highest BCUT2D eigenvalue weighted by Gasteiger charge is 2.29. The molecule has 19 heavy (non-hydrogen) atoms. The summed E-state index contributed by atoms with van der Waals surface area (Å²) in [4.78, 5) is 14.1. The first-order valence-electron chi connectivity index (χ1n) is 6.72. The number of nitrogens with two attached hydrogens (primary N) is 1. The molecule has 0 aliphatic carbocycles. The van der Waals surface area contributed by atoms with Gasteiger partial charge in [0.15, 0.2) is 0 Å². The van der Waals surface area contributed by atoms with Crippen LogP contribution in [0.15, 0.2) is 24.3 Å². The van der Waals surface area contributed by atoms with E-state index in [2.05, 4.69) is 0 Å². The predicted molar refractivity (Wildman–Crippen MR) is 75.8 cm³/mol. The molecule has 1 aromatic rings. The maximum absolute atomic E-state index is 12.2. The summed E-state index contributed by atoms with van der Waals surface area (Å²) in [5.41, 5.74) is 7.36. The summed E-state index contributed by atoms with van der Waals surface area (Å²) in [5.74, 6) is 0.193. The number of morpholine rings is 1. The summed E-state index contributed by atoms with van der Waals surface area (Å²) in [6, 6.07) is 7.71. The molecule has 104 valence electrons. The Bertz CT molecular complexity index is 457. The number of carbonyl (C=O) groups is 1. The monoisotopic (exact) mass is 262 g/mol. The van der Waals surface area contributed by atoms with Gasteiger partial charge in [-0.15, -0.1) is 0 Å². The van der Waals surface area contributed by atoms with E-state index in [9.17, 15) is 4.79 Å². The standard InChI is InChI=1S/C15H22N2O2/c1-15(2)11-17(8-9-19-15)14(18)7-6-12-4-3-5-13(16)10-12/h3-5,10H,6-9,11,16H2,1-2H3. The number of hydrogen-bond donors (Lipinski definition) is 1. The van der Waals surface area contributed by atoms with E-state index in [1.54, 1.807) is 0 Å². The Balaban J connectivity index is 1.87. The van der Waals surface area contributed by atoms with Crippen molar-refractivity contribution < 1.29 is 9.53 Å². The second kappa shape index (κ2) is 5.61. The van der Waals surface area contributed by atoms with Gasteiger partial charge in [-0.3, -0.25) is 4.79 Å². The van der Waals surface area contributed by atoms with E-state index in [0.29, 0.717) is 26.1 Å². The molecule has 1 heterocycles. The number of rotatable bonds is 3. The second-order valence-corrected chi connectivity index (χ2v) is 5.67. The van der Waals surface area contributed by atoms with Crippen molar-refractivity contribution in [2.24, 2.45) is 0 Å². The lowest BCUT2D eigenvalue weighted by molar-refractivity contribution is -0.145. The van der Waals surface area contributed by atoms with Crippen molar-refractivity contribution in [3.05, 3.63) is 29.8 Å². The number of ether oxygens (including phenoxy) is 1. The molecule has 1 saturated heterocycles. The van der Waals surface area contributed by atoms with Crippen molar-refractivity contribution in [3.8, 4) is 0 Å². The molecule has 0 unspecified atom stereocenters. The molecule has 0 saturated carbocycles. The fourth-order valence-electron chi connectivity index (χ4n) is 2.39. The number of carbonyl (C=O) groups excluding carboxylic acids is 1. The number of nitrogen functional groups attached to an aromatic ring is 1. The van der Waals surface area contributed by atoms with Crippen LogP contribution in [-0.2, 0) is 16.0 Å². The van der Waals surface area contributed by atoms with E-state index in [-0.39, 0.29) is 11.5 Å². The van der Waals surface area contributed by atoms with Crippen molar-refractivity contribution in [2.75, 3.05) is 25.4 Å². The van der Waals surface area contributed by atoms with Crippen LogP contribution in [0.25, 0.3) is 0 Å². The van der Waals surface area contributed by atoms with Crippen LogP contribution in [0, 0.1) is 0 Å². The van der Waals surface area contributed by atoms with Gasteiger partial charge in [0.25, 0.3) is 0 Å². The van der Waals surface area contributed by atoms with Crippen LogP contribution in [0.4, 0.5) is 5.69 Å². The molecule has 2 rings (SSSR count). The van der Waals surface area contributed by atoms with E-state index in [4.69, 9.17) is 10.5 Å². The van der Waals surface area contributed by atoms with Crippen LogP contribution >= 0.6 is 0 Å². The number of hydrogen-bond acceptors (Lipinski definition) is 3. The molecular formula is C15H22N2O2. The van der Waals surface area contributed by atoms with Gasteiger partial charge in [-0.1, -0.05) is 12.1 Å². The average Bonchev–Trinajstić information content (AvgIpc) is 2.35. The normalized spacial score (nSPS) is 18.3. The first kappa shape index (κ1) is 13.9. The molecular weight excluding hydrogens is 240 g/mol. The van der Waals surface area contributed by atoms with E-state index in [1.807, 2.05) is 43.0 Å². The van der Waals surface area contributed by atoms with Gasteiger partial charge in [0.2, 0.25) is 5.91 Å². The molecule has 1 aromatic carbocycles. The lowest BCUT2D eigenvalue weighted by atomic mass is 10.1. The number of aryl methyl sites for hydroxylation is 1. The fourth-order valence-corrected chi connectivity index (χ4v) is 2.39. The predicted octanol–water partition coefficient (Wildman–Crippen LogP) is 1.84. The van der Waals surface area contributed by atoms with Crippen molar-refractivity contribution in [1.29, 1.82) is 0 Å². The Morgan fingerprint density at radius 3 is 2.95 bits per heavy atom. The van der Waals surface area contributed by atoms with Crippen molar-refractivity contribution in [1.82, 2.24) is 4.90 Å². The number of benzene rings is 1. The summed E-state index contributed by atoms with van der Waals surface area (Å²) in [6.07, 6.45) is 1.27. The third kappa shape index (κ3) is 3.96. The van der Waals surface area contributed by atoms with E-state index in [1.165, 1.54) is 0 Å². The summed E-state index contributed by atoms with van der Waals surface area (Å²) in [6.45, 7) is 6.02. The zero-order chi connectivity index (χ0) is 13.9. The van der Waals surface area contributed by atoms with Crippen LogP contribution in [0.1, 0.15) is 25.8 Å². The Hall–Kier alpha value is -1.55. The summed E-state index contributed by atoms with van der Waals surface area (Å²) < 4.78 is 5.61. The molecule has 0 atom stereocenters. The van der Waals surface area contributed by atoms with Crippen LogP contribution in [0.5, 0.6) is 0 Å². The van der Waals surface area contributed by atoms with Crippen molar-refractivity contribution >= 4 is 11.6 Å². The highest BCUT2D eigenvalue weighted by Crippen LogP contribution is 2.18. The fraction of sp³-hybridized carbons (Fsp3) is 0.533. The maximum Gasteiger partial charge on any atom is 0.223 e. The van der Waals surface area contributed by atoms with Crippen LogP contribution < -0.4 is 5.73 Å². The SMILES string of the molecule is CC1(C)CN(C(=O)CCc2cccc(N)c2)CCO1. The minimum absolute atomic E-state index is 0.193. The van der Waals surface area contributed by atoms with Crippen LogP contribution in [0.3, 0.4) is 0 Å². The third-order valence-corrected chi connectivity index (χ3v) is 3.36. The van der Waals surface area contributed by atoms with Crippen molar-refractivity contribution in [2.45, 2.75) is 32.3 Å². The Morgan fingerprint density at radius 1 is 1.47 bits per heavy atom. The van der Waals surface area contributed by atoms with Gasteiger partial charge >= 0.3 is 0 Å². The molecule has 1 aliphatic rings. The lowest BCUT2D eigenvalue weighted by Crippen LogP contribution is -2.50. The highest BCUT2D eigenvalue weighted by molar-refractivity contribution is 5.76. The second-order valence-electron chi connectivity index (χ2n) is 5.67. The number of amides is 1. The molecule has 2 N–H and O–H groups in total. The first-order chi connectivity index (χ1) is 8.96. The minimum atomic E-state index is -0.231. The van der Waals surface area contributed by atoms with Gasteiger partial charge in [0, 0.05) is 25.2 Å². The third-order valence-electron chi connectivity index (χ3n) is 3.36. The summed E-state index contributed by atoms with van der Waals surface area (Å²) in [5, 5.41) is 0. The Labute approximate surface area is 114 Å². The molecule has 1 aliphatic heterocycles. The minimum Gasteiger partial charge on any atom is -0.399 e. The van der Waals surface area contributed by atoms with Gasteiger partial charge in [-0.05, 0) is 38.0 Å². The molecule has 4 nitrogen and oxygen atoms in total. The zero-order valence-electron chi connectivity index (χ0n) is 11.7. The van der Waals surface area contributed by atoms with Crippen LogP contribution in [0.2, 0.25) is 0 Å². The van der Waals surface area contributed by atoms with E-state index < -0.39 is 0 Å². The molecule has 1 fully saturated rings. The Kier molecular flexibility index (Phi) is 4.10. The highest BCUT2D eigenvalue weighted by atomic mass is 16.5. The first-order valence-corrected chi connectivity index (χ1v) is 6.72. The molecule has 0 bridgehead atoms. The lowest BCUT2D eigenvalue weighted by Gasteiger charge is -2.38. The van der Waals surface area contributed by atoms with Gasteiger partial charge in [-0.2, -0.15) is 0 Å². The zero-order valence-corrected chi connectivity index (χ0v) is 11.7. The smallest absolute Gasteiger partial charge is 0.223 e. The van der Waals surface area contributed by atoms with Gasteiger partial charge < -0.3 is 15.4 Å². The number of nitrogens with zero attached hydrogens (tertiary/aromatic N) is 1. The van der Waals surface area contributed by atoms with Gasteiger partial charge in [0.1, 0.15) is 0 Å². The van der Waals surface area contributed by atoms with E-state index in [0.717, 1.165) is 17.7 Å². The average molecular weight is 262 g/mol.